The second-order valence-corrected chi connectivity index (χ2v) is 8.77. The SMILES string of the molecule is O=C(CSc1ccccn1)N(C1CC1)[C@@H]1CCS(=O)(=O)C1. The van der Waals surface area contributed by atoms with E-state index >= 15 is 0 Å². The van der Waals surface area contributed by atoms with Gasteiger partial charge < -0.3 is 4.90 Å². The average Bonchev–Trinajstić information content (AvgIpc) is 3.22. The Balaban J connectivity index is 1.63. The van der Waals surface area contributed by atoms with Crippen molar-refractivity contribution < 1.29 is 13.2 Å². The van der Waals surface area contributed by atoms with Gasteiger partial charge in [-0.15, -0.1) is 0 Å². The molecule has 5 nitrogen and oxygen atoms in total. The zero-order chi connectivity index (χ0) is 14.9. The van der Waals surface area contributed by atoms with E-state index in [0.717, 1.165) is 17.9 Å². The van der Waals surface area contributed by atoms with E-state index in [1.54, 1.807) is 6.20 Å². The van der Waals surface area contributed by atoms with Gasteiger partial charge in [0.05, 0.1) is 22.3 Å². The molecule has 0 bridgehead atoms. The zero-order valence-electron chi connectivity index (χ0n) is 11.6. The van der Waals surface area contributed by atoms with Crippen molar-refractivity contribution in [2.24, 2.45) is 0 Å². The van der Waals surface area contributed by atoms with Gasteiger partial charge in [-0.05, 0) is 31.4 Å². The average molecular weight is 326 g/mol. The molecule has 114 valence electrons. The molecule has 7 heteroatoms. The molecule has 0 spiro atoms. The molecule has 2 heterocycles. The molecule has 0 N–H and O–H groups in total. The van der Waals surface area contributed by atoms with Crippen molar-refractivity contribution in [1.82, 2.24) is 9.88 Å². The summed E-state index contributed by atoms with van der Waals surface area (Å²) in [5.74, 6) is 0.699. The summed E-state index contributed by atoms with van der Waals surface area (Å²) in [6.45, 7) is 0. The molecular formula is C14H18N2O3S2. The minimum atomic E-state index is -2.96. The summed E-state index contributed by atoms with van der Waals surface area (Å²) in [4.78, 5) is 18.5. The highest BCUT2D eigenvalue weighted by molar-refractivity contribution is 7.99. The number of pyridine rings is 1. The second kappa shape index (κ2) is 5.96. The molecule has 1 atom stereocenters. The fourth-order valence-electron chi connectivity index (χ4n) is 2.70. The van der Waals surface area contributed by atoms with E-state index in [0.29, 0.717) is 12.2 Å². The summed E-state index contributed by atoms with van der Waals surface area (Å²) in [6, 6.07) is 5.73. The first-order valence-corrected chi connectivity index (χ1v) is 9.91. The molecule has 1 aliphatic carbocycles. The monoisotopic (exact) mass is 326 g/mol. The molecule has 0 unspecified atom stereocenters. The van der Waals surface area contributed by atoms with Crippen LogP contribution in [0.4, 0.5) is 0 Å². The molecule has 0 radical (unpaired) electrons. The Morgan fingerprint density at radius 2 is 2.10 bits per heavy atom. The van der Waals surface area contributed by atoms with Gasteiger partial charge in [0.1, 0.15) is 0 Å². The van der Waals surface area contributed by atoms with Crippen molar-refractivity contribution in [2.75, 3.05) is 17.3 Å². The van der Waals surface area contributed by atoms with Crippen LogP contribution in [0.3, 0.4) is 0 Å². The van der Waals surface area contributed by atoms with Crippen LogP contribution >= 0.6 is 11.8 Å². The molecule has 2 fully saturated rings. The number of nitrogens with zero attached hydrogens (tertiary/aromatic N) is 2. The lowest BCUT2D eigenvalue weighted by Gasteiger charge is -2.28. The molecule has 0 aromatic carbocycles. The number of carbonyl (C=O) groups excluding carboxylic acids is 1. The van der Waals surface area contributed by atoms with Gasteiger partial charge in [-0.2, -0.15) is 0 Å². The third-order valence-electron chi connectivity index (χ3n) is 3.81. The second-order valence-electron chi connectivity index (χ2n) is 5.55. The summed E-state index contributed by atoms with van der Waals surface area (Å²) in [6.07, 6.45) is 4.28. The minimum absolute atomic E-state index is 0.0373. The maximum atomic E-state index is 12.5. The Hall–Kier alpha value is -1.08. The first-order chi connectivity index (χ1) is 10.1. The van der Waals surface area contributed by atoms with E-state index in [1.807, 2.05) is 23.1 Å². The number of hydrogen-bond donors (Lipinski definition) is 0. The van der Waals surface area contributed by atoms with Gasteiger partial charge in [0.25, 0.3) is 0 Å². The van der Waals surface area contributed by atoms with Gasteiger partial charge in [0.15, 0.2) is 9.84 Å². The van der Waals surface area contributed by atoms with Crippen LogP contribution in [-0.4, -0.2) is 53.6 Å². The van der Waals surface area contributed by atoms with E-state index in [2.05, 4.69) is 4.98 Å². The molecule has 2 aliphatic rings. The smallest absolute Gasteiger partial charge is 0.233 e. The summed E-state index contributed by atoms with van der Waals surface area (Å²) < 4.78 is 23.3. The Morgan fingerprint density at radius 1 is 1.29 bits per heavy atom. The van der Waals surface area contributed by atoms with Crippen LogP contribution in [0.15, 0.2) is 29.4 Å². The lowest BCUT2D eigenvalue weighted by Crippen LogP contribution is -2.43. The topological polar surface area (TPSA) is 67.3 Å². The highest BCUT2D eigenvalue weighted by Gasteiger charge is 2.41. The minimum Gasteiger partial charge on any atom is -0.335 e. The summed E-state index contributed by atoms with van der Waals surface area (Å²) >= 11 is 1.41. The van der Waals surface area contributed by atoms with E-state index in [4.69, 9.17) is 0 Å². The van der Waals surface area contributed by atoms with Gasteiger partial charge in [-0.1, -0.05) is 17.8 Å². The van der Waals surface area contributed by atoms with Crippen LogP contribution in [0.5, 0.6) is 0 Å². The predicted molar refractivity (Wildman–Crippen MR) is 81.9 cm³/mol. The fourth-order valence-corrected chi connectivity index (χ4v) is 5.14. The Bertz CT molecular complexity index is 614. The third kappa shape index (κ3) is 3.77. The van der Waals surface area contributed by atoms with Gasteiger partial charge in [-0.3, -0.25) is 4.79 Å². The van der Waals surface area contributed by atoms with Crippen LogP contribution in [-0.2, 0) is 14.6 Å². The van der Waals surface area contributed by atoms with Crippen LogP contribution < -0.4 is 0 Å². The third-order valence-corrected chi connectivity index (χ3v) is 6.49. The molecular weight excluding hydrogens is 308 g/mol. The molecule has 1 aliphatic heterocycles. The first kappa shape index (κ1) is 14.8. The maximum Gasteiger partial charge on any atom is 0.233 e. The van der Waals surface area contributed by atoms with E-state index in [9.17, 15) is 13.2 Å². The molecule has 21 heavy (non-hydrogen) atoms. The summed E-state index contributed by atoms with van der Waals surface area (Å²) in [5.41, 5.74) is 0. The van der Waals surface area contributed by atoms with Crippen molar-refractivity contribution in [3.05, 3.63) is 24.4 Å². The number of amides is 1. The first-order valence-electron chi connectivity index (χ1n) is 7.10. The standard InChI is InChI=1S/C14H18N2O3S2/c17-14(9-20-13-3-1-2-7-15-13)16(11-4-5-11)12-6-8-21(18,19)10-12/h1-3,7,11-12H,4-6,8-10H2/t12-/m1/s1. The van der Waals surface area contributed by atoms with E-state index in [-0.39, 0.29) is 29.5 Å². The number of rotatable bonds is 5. The van der Waals surface area contributed by atoms with E-state index < -0.39 is 9.84 Å². The van der Waals surface area contributed by atoms with Crippen molar-refractivity contribution in [1.29, 1.82) is 0 Å². The summed E-state index contributed by atoms with van der Waals surface area (Å²) in [7, 11) is -2.96. The lowest BCUT2D eigenvalue weighted by molar-refractivity contribution is -0.130. The maximum absolute atomic E-state index is 12.5. The molecule has 1 aromatic heterocycles. The van der Waals surface area contributed by atoms with Gasteiger partial charge in [0.2, 0.25) is 5.91 Å². The van der Waals surface area contributed by atoms with Crippen molar-refractivity contribution in [3.8, 4) is 0 Å². The zero-order valence-corrected chi connectivity index (χ0v) is 13.3. The molecule has 1 amide bonds. The van der Waals surface area contributed by atoms with E-state index in [1.165, 1.54) is 11.8 Å². The normalized spacial score (nSPS) is 23.9. The highest BCUT2D eigenvalue weighted by atomic mass is 32.2. The molecule has 3 rings (SSSR count). The fraction of sp³-hybridized carbons (Fsp3) is 0.571. The molecule has 1 aromatic rings. The number of sulfone groups is 1. The predicted octanol–water partition coefficient (Wildman–Crippen LogP) is 1.35. The molecule has 1 saturated carbocycles. The van der Waals surface area contributed by atoms with Crippen LogP contribution in [0.1, 0.15) is 19.3 Å². The Morgan fingerprint density at radius 3 is 2.67 bits per heavy atom. The molecule has 1 saturated heterocycles. The van der Waals surface area contributed by atoms with Crippen LogP contribution in [0.2, 0.25) is 0 Å². The van der Waals surface area contributed by atoms with Crippen LogP contribution in [0.25, 0.3) is 0 Å². The number of carbonyl (C=O) groups is 1. The Labute approximate surface area is 129 Å². The number of aromatic nitrogens is 1. The van der Waals surface area contributed by atoms with Gasteiger partial charge in [0, 0.05) is 18.3 Å². The largest absolute Gasteiger partial charge is 0.335 e. The van der Waals surface area contributed by atoms with Gasteiger partial charge in [-0.25, -0.2) is 13.4 Å². The number of thioether (sulfide) groups is 1. The van der Waals surface area contributed by atoms with Crippen molar-refractivity contribution in [2.45, 2.75) is 36.4 Å². The van der Waals surface area contributed by atoms with Crippen LogP contribution in [0, 0.1) is 0 Å². The summed E-state index contributed by atoms with van der Waals surface area (Å²) in [5, 5.41) is 0.820. The lowest BCUT2D eigenvalue weighted by atomic mass is 10.2. The van der Waals surface area contributed by atoms with Crippen molar-refractivity contribution >= 4 is 27.5 Å². The van der Waals surface area contributed by atoms with Crippen molar-refractivity contribution in [3.63, 3.8) is 0 Å². The highest BCUT2D eigenvalue weighted by Crippen LogP contribution is 2.33. The Kier molecular flexibility index (Phi) is 4.21. The van der Waals surface area contributed by atoms with Gasteiger partial charge >= 0.3 is 0 Å². The quantitative estimate of drug-likeness (QED) is 0.764. The number of hydrogen-bond acceptors (Lipinski definition) is 5.